The molecule has 0 spiro atoms. The molecule has 1 atom stereocenters. The van der Waals surface area contributed by atoms with Crippen LogP contribution in [0, 0.1) is 5.92 Å². The first-order valence-electron chi connectivity index (χ1n) is 5.29. The van der Waals surface area contributed by atoms with Gasteiger partial charge in [0, 0.05) is 11.9 Å². The normalized spacial score (nSPS) is 12.9. The molecular formula is C11H20N2O3S. The lowest BCUT2D eigenvalue weighted by atomic mass is 10.1. The Labute approximate surface area is 103 Å². The highest BCUT2D eigenvalue weighted by Gasteiger charge is 2.13. The van der Waals surface area contributed by atoms with Crippen molar-refractivity contribution in [1.29, 1.82) is 0 Å². The van der Waals surface area contributed by atoms with Crippen LogP contribution in [0.3, 0.4) is 0 Å². The molecule has 0 fully saturated rings. The molecule has 1 aromatic heterocycles. The Balaban J connectivity index is 0.00000256. The van der Waals surface area contributed by atoms with Gasteiger partial charge in [-0.3, -0.25) is 9.54 Å². The van der Waals surface area contributed by atoms with Gasteiger partial charge in [0.25, 0.3) is 10.1 Å². The maximum atomic E-state index is 10.7. The van der Waals surface area contributed by atoms with Crippen LogP contribution in [0.2, 0.25) is 0 Å². The van der Waals surface area contributed by atoms with Crippen molar-refractivity contribution in [2.24, 2.45) is 5.92 Å². The summed E-state index contributed by atoms with van der Waals surface area (Å²) in [5, 5.41) is 0. The lowest BCUT2D eigenvalue weighted by Gasteiger charge is -2.08. The molecule has 0 aliphatic rings. The van der Waals surface area contributed by atoms with Crippen molar-refractivity contribution in [2.45, 2.75) is 26.7 Å². The van der Waals surface area contributed by atoms with Crippen LogP contribution in [-0.2, 0) is 23.0 Å². The Morgan fingerprint density at radius 2 is 2.06 bits per heavy atom. The molecule has 0 saturated heterocycles. The molecular weight excluding hydrogens is 240 g/mol. The summed E-state index contributed by atoms with van der Waals surface area (Å²) in [5.41, 5.74) is 2.01. The van der Waals surface area contributed by atoms with E-state index in [9.17, 15) is 8.42 Å². The van der Waals surface area contributed by atoms with E-state index in [1.165, 1.54) is 0 Å². The average molecular weight is 260 g/mol. The van der Waals surface area contributed by atoms with Crippen molar-refractivity contribution in [3.63, 3.8) is 0 Å². The molecule has 0 bridgehead atoms. The lowest BCUT2D eigenvalue weighted by Crippen LogP contribution is -2.15. The van der Waals surface area contributed by atoms with Gasteiger partial charge in [-0.1, -0.05) is 19.9 Å². The molecule has 0 aliphatic heterocycles. The zero-order valence-electron chi connectivity index (χ0n) is 10.3. The predicted octanol–water partition coefficient (Wildman–Crippen LogP) is 1.87. The van der Waals surface area contributed by atoms with Crippen LogP contribution < -0.4 is 6.15 Å². The maximum Gasteiger partial charge on any atom is 0.265 e. The summed E-state index contributed by atoms with van der Waals surface area (Å²) in [6.45, 7) is 3.83. The first kappa shape index (κ1) is 16.0. The minimum atomic E-state index is -3.88. The summed E-state index contributed by atoms with van der Waals surface area (Å²) in [4.78, 5) is 4.24. The summed E-state index contributed by atoms with van der Waals surface area (Å²) in [5.74, 6) is -0.348. The van der Waals surface area contributed by atoms with Crippen molar-refractivity contribution in [1.82, 2.24) is 11.1 Å². The fraction of sp³-hybridized carbons (Fsp3) is 0.545. The van der Waals surface area contributed by atoms with Gasteiger partial charge in [0.2, 0.25) is 0 Å². The maximum absolute atomic E-state index is 10.7. The van der Waals surface area contributed by atoms with Gasteiger partial charge in [0.1, 0.15) is 0 Å². The number of hydrogen-bond donors (Lipinski definition) is 2. The second kappa shape index (κ2) is 6.68. The fourth-order valence-corrected chi connectivity index (χ4v) is 2.40. The summed E-state index contributed by atoms with van der Waals surface area (Å²) in [6, 6.07) is 3.89. The summed E-state index contributed by atoms with van der Waals surface area (Å²) < 4.78 is 30.0. The molecule has 1 heterocycles. The van der Waals surface area contributed by atoms with Gasteiger partial charge in [0.15, 0.2) is 0 Å². The molecule has 1 rings (SSSR count). The van der Waals surface area contributed by atoms with E-state index in [0.29, 0.717) is 6.42 Å². The lowest BCUT2D eigenvalue weighted by molar-refractivity contribution is 0.468. The van der Waals surface area contributed by atoms with Gasteiger partial charge in [0.05, 0.1) is 5.75 Å². The monoisotopic (exact) mass is 260 g/mol. The number of aryl methyl sites for hydroxylation is 1. The smallest absolute Gasteiger partial charge is 0.265 e. The second-order valence-electron chi connectivity index (χ2n) is 4.07. The zero-order valence-corrected chi connectivity index (χ0v) is 11.1. The van der Waals surface area contributed by atoms with Crippen LogP contribution in [-0.4, -0.2) is 23.7 Å². The minimum absolute atomic E-state index is 0. The molecule has 0 aliphatic carbocycles. The first-order valence-corrected chi connectivity index (χ1v) is 6.90. The third kappa shape index (κ3) is 6.35. The van der Waals surface area contributed by atoms with Crippen LogP contribution in [0.15, 0.2) is 18.3 Å². The van der Waals surface area contributed by atoms with Crippen LogP contribution in [0.4, 0.5) is 0 Å². The summed E-state index contributed by atoms with van der Waals surface area (Å²) in [7, 11) is -3.88. The van der Waals surface area contributed by atoms with Gasteiger partial charge in [-0.25, -0.2) is 0 Å². The average Bonchev–Trinajstić information content (AvgIpc) is 2.16. The number of nitrogens with zero attached hydrogens (tertiary/aromatic N) is 1. The Morgan fingerprint density at radius 3 is 2.47 bits per heavy atom. The molecule has 5 nitrogen and oxygen atoms in total. The van der Waals surface area contributed by atoms with Crippen LogP contribution in [0.1, 0.15) is 25.1 Å². The Kier molecular flexibility index (Phi) is 6.30. The quantitative estimate of drug-likeness (QED) is 0.787. The third-order valence-corrected chi connectivity index (χ3v) is 3.34. The SMILES string of the molecule is CCc1ccc(CC(C)CS(=O)(=O)O)nc1.N. The minimum Gasteiger partial charge on any atom is -0.344 e. The van der Waals surface area contributed by atoms with E-state index >= 15 is 0 Å². The number of aromatic nitrogens is 1. The van der Waals surface area contributed by atoms with Crippen molar-refractivity contribution in [2.75, 3.05) is 5.75 Å². The number of pyridine rings is 1. The molecule has 0 radical (unpaired) electrons. The Hall–Kier alpha value is -0.980. The highest BCUT2D eigenvalue weighted by molar-refractivity contribution is 7.85. The second-order valence-corrected chi connectivity index (χ2v) is 5.57. The van der Waals surface area contributed by atoms with Gasteiger partial charge >= 0.3 is 0 Å². The highest BCUT2D eigenvalue weighted by Crippen LogP contribution is 2.09. The molecule has 1 unspecified atom stereocenters. The molecule has 6 heteroatoms. The number of rotatable bonds is 5. The molecule has 0 aromatic carbocycles. The van der Waals surface area contributed by atoms with Gasteiger partial charge in [-0.2, -0.15) is 8.42 Å². The first-order chi connectivity index (χ1) is 7.40. The summed E-state index contributed by atoms with van der Waals surface area (Å²) >= 11 is 0. The van der Waals surface area contributed by atoms with Crippen LogP contribution >= 0.6 is 0 Å². The predicted molar refractivity (Wildman–Crippen MR) is 67.9 cm³/mol. The number of hydrogen-bond acceptors (Lipinski definition) is 4. The molecule has 0 saturated carbocycles. The van der Waals surface area contributed by atoms with E-state index < -0.39 is 10.1 Å². The molecule has 4 N–H and O–H groups in total. The zero-order chi connectivity index (χ0) is 12.2. The van der Waals surface area contributed by atoms with Crippen molar-refractivity contribution in [3.8, 4) is 0 Å². The van der Waals surface area contributed by atoms with Gasteiger partial charge < -0.3 is 6.15 Å². The van der Waals surface area contributed by atoms with E-state index in [-0.39, 0.29) is 17.8 Å². The summed E-state index contributed by atoms with van der Waals surface area (Å²) in [6.07, 6.45) is 3.30. The van der Waals surface area contributed by atoms with Gasteiger partial charge in [-0.15, -0.1) is 0 Å². The van der Waals surface area contributed by atoms with Crippen molar-refractivity contribution < 1.29 is 13.0 Å². The molecule has 17 heavy (non-hydrogen) atoms. The van der Waals surface area contributed by atoms with Crippen molar-refractivity contribution in [3.05, 3.63) is 29.6 Å². The molecule has 1 aromatic rings. The largest absolute Gasteiger partial charge is 0.344 e. The van der Waals surface area contributed by atoms with Crippen molar-refractivity contribution >= 4 is 10.1 Å². The van der Waals surface area contributed by atoms with Crippen LogP contribution in [0.5, 0.6) is 0 Å². The molecule has 0 amide bonds. The molecule has 98 valence electrons. The van der Waals surface area contributed by atoms with E-state index in [0.717, 1.165) is 17.7 Å². The third-order valence-electron chi connectivity index (χ3n) is 2.35. The van der Waals surface area contributed by atoms with E-state index in [2.05, 4.69) is 11.9 Å². The Morgan fingerprint density at radius 1 is 1.41 bits per heavy atom. The van der Waals surface area contributed by atoms with E-state index in [1.54, 1.807) is 13.1 Å². The highest BCUT2D eigenvalue weighted by atomic mass is 32.2. The topological polar surface area (TPSA) is 102 Å². The van der Waals surface area contributed by atoms with E-state index in [1.807, 2.05) is 12.1 Å². The fourth-order valence-electron chi connectivity index (χ4n) is 1.56. The standard InChI is InChI=1S/C11H17NO3S.H3N/c1-3-10-4-5-11(12-7-10)6-9(2)8-16(13,14)15;/h4-5,7,9H,3,6,8H2,1-2H3,(H,13,14,15);1H3. The van der Waals surface area contributed by atoms with Crippen LogP contribution in [0.25, 0.3) is 0 Å². The van der Waals surface area contributed by atoms with Gasteiger partial charge in [-0.05, 0) is 30.4 Å². The van der Waals surface area contributed by atoms with E-state index in [4.69, 9.17) is 4.55 Å². The Bertz CT molecular complexity index is 429.